The lowest BCUT2D eigenvalue weighted by atomic mass is 9.99. The molecular weight excluding hydrogens is 466 g/mol. The highest BCUT2D eigenvalue weighted by molar-refractivity contribution is 5.86. The molecule has 0 saturated heterocycles. The Morgan fingerprint density at radius 2 is 0.974 bits per heavy atom. The first-order valence-electron chi connectivity index (χ1n) is 12.6. The van der Waals surface area contributed by atoms with Crippen molar-refractivity contribution in [2.45, 2.75) is 6.92 Å². The van der Waals surface area contributed by atoms with Crippen LogP contribution in [0.5, 0.6) is 0 Å². The monoisotopic (exact) mass is 489 g/mol. The van der Waals surface area contributed by atoms with Crippen molar-refractivity contribution in [3.8, 4) is 45.1 Å². The molecule has 2 heterocycles. The first-order valence-corrected chi connectivity index (χ1v) is 12.6. The fraction of sp³-hybridized carbons (Fsp3) is 0.0294. The van der Waals surface area contributed by atoms with E-state index in [0.29, 0.717) is 5.89 Å². The molecule has 0 bridgehead atoms. The van der Waals surface area contributed by atoms with E-state index in [9.17, 15) is 0 Å². The molecular formula is C34H23N3O. The van der Waals surface area contributed by atoms with Gasteiger partial charge in [0.05, 0.1) is 22.4 Å². The standard InChI is InChI=1S/C34H23N3O/c1-22-11-20-30-31(21-22)38-34(37-30)27-18-14-24(15-19-27)23-12-16-26(17-13-23)33-32(25-7-3-2-4-8-25)35-28-9-5-6-10-29(28)36-33/h2-21H,1H3. The number of benzene rings is 5. The fourth-order valence-electron chi connectivity index (χ4n) is 4.78. The number of aryl methyl sites for hydroxylation is 1. The van der Waals surface area contributed by atoms with E-state index >= 15 is 0 Å². The number of oxazole rings is 1. The summed E-state index contributed by atoms with van der Waals surface area (Å²) in [5.41, 5.74) is 11.7. The molecule has 0 N–H and O–H groups in total. The first kappa shape index (κ1) is 22.1. The van der Waals surface area contributed by atoms with Crippen LogP contribution in [-0.2, 0) is 0 Å². The Morgan fingerprint density at radius 1 is 0.447 bits per heavy atom. The number of para-hydroxylation sites is 2. The molecule has 4 nitrogen and oxygen atoms in total. The number of aromatic nitrogens is 3. The maximum absolute atomic E-state index is 6.00. The van der Waals surface area contributed by atoms with Crippen LogP contribution in [0.3, 0.4) is 0 Å². The highest BCUT2D eigenvalue weighted by Crippen LogP contribution is 2.33. The minimum Gasteiger partial charge on any atom is -0.436 e. The van der Waals surface area contributed by atoms with Gasteiger partial charge in [0.1, 0.15) is 5.52 Å². The normalized spacial score (nSPS) is 11.3. The Balaban J connectivity index is 1.23. The Morgan fingerprint density at radius 3 is 1.61 bits per heavy atom. The fourth-order valence-corrected chi connectivity index (χ4v) is 4.78. The van der Waals surface area contributed by atoms with Gasteiger partial charge >= 0.3 is 0 Å². The predicted octanol–water partition coefficient (Wildman–Crippen LogP) is 8.75. The second kappa shape index (κ2) is 9.09. The SMILES string of the molecule is Cc1ccc2nc(-c3ccc(-c4ccc(-c5nc6ccccc6nc5-c5ccccc5)cc4)cc3)oc2c1. The van der Waals surface area contributed by atoms with Gasteiger partial charge in [-0.15, -0.1) is 0 Å². The highest BCUT2D eigenvalue weighted by atomic mass is 16.3. The van der Waals surface area contributed by atoms with Crippen LogP contribution in [0.25, 0.3) is 67.2 Å². The number of hydrogen-bond donors (Lipinski definition) is 0. The molecule has 7 rings (SSSR count). The summed E-state index contributed by atoms with van der Waals surface area (Å²) in [5, 5.41) is 0. The lowest BCUT2D eigenvalue weighted by Crippen LogP contribution is -1.95. The van der Waals surface area contributed by atoms with Crippen molar-refractivity contribution in [3.63, 3.8) is 0 Å². The van der Waals surface area contributed by atoms with Crippen LogP contribution in [0.4, 0.5) is 0 Å². The van der Waals surface area contributed by atoms with Crippen molar-refractivity contribution in [1.82, 2.24) is 15.0 Å². The van der Waals surface area contributed by atoms with Gasteiger partial charge in [-0.05, 0) is 60.0 Å². The van der Waals surface area contributed by atoms with Crippen molar-refractivity contribution < 1.29 is 4.42 Å². The van der Waals surface area contributed by atoms with Crippen molar-refractivity contribution >= 4 is 22.1 Å². The predicted molar refractivity (Wildman–Crippen MR) is 154 cm³/mol. The maximum atomic E-state index is 6.00. The number of rotatable bonds is 4. The zero-order valence-electron chi connectivity index (χ0n) is 20.8. The van der Waals surface area contributed by atoms with E-state index in [2.05, 4.69) is 72.6 Å². The van der Waals surface area contributed by atoms with Crippen LogP contribution in [-0.4, -0.2) is 15.0 Å². The van der Waals surface area contributed by atoms with Gasteiger partial charge in [0.15, 0.2) is 5.58 Å². The Bertz CT molecular complexity index is 1900. The quantitative estimate of drug-likeness (QED) is 0.248. The summed E-state index contributed by atoms with van der Waals surface area (Å²) in [7, 11) is 0. The Hall–Kier alpha value is -5.09. The summed E-state index contributed by atoms with van der Waals surface area (Å²) in [4.78, 5) is 14.6. The Kier molecular flexibility index (Phi) is 5.30. The van der Waals surface area contributed by atoms with Gasteiger partial charge in [-0.25, -0.2) is 15.0 Å². The highest BCUT2D eigenvalue weighted by Gasteiger charge is 2.14. The molecule has 0 unspecified atom stereocenters. The van der Waals surface area contributed by atoms with E-state index < -0.39 is 0 Å². The molecule has 5 aromatic carbocycles. The topological polar surface area (TPSA) is 51.8 Å². The largest absolute Gasteiger partial charge is 0.436 e. The molecule has 0 amide bonds. The molecule has 0 aliphatic rings. The van der Waals surface area contributed by atoms with Crippen LogP contribution >= 0.6 is 0 Å². The lowest BCUT2D eigenvalue weighted by Gasteiger charge is -2.11. The van der Waals surface area contributed by atoms with Crippen LogP contribution in [0.15, 0.2) is 126 Å². The van der Waals surface area contributed by atoms with Crippen molar-refractivity contribution in [1.29, 1.82) is 0 Å². The minimum atomic E-state index is 0.635. The van der Waals surface area contributed by atoms with E-state index in [1.807, 2.05) is 60.7 Å². The molecule has 180 valence electrons. The number of fused-ring (bicyclic) bond motifs is 2. The second-order valence-corrected chi connectivity index (χ2v) is 9.42. The van der Waals surface area contributed by atoms with Crippen molar-refractivity contribution in [3.05, 3.63) is 127 Å². The third-order valence-corrected chi connectivity index (χ3v) is 6.79. The molecule has 0 fully saturated rings. The summed E-state index contributed by atoms with van der Waals surface area (Å²) in [6.45, 7) is 2.05. The lowest BCUT2D eigenvalue weighted by molar-refractivity contribution is 0.619. The third-order valence-electron chi connectivity index (χ3n) is 6.79. The molecule has 4 heteroatoms. The van der Waals surface area contributed by atoms with Gasteiger partial charge < -0.3 is 4.42 Å². The van der Waals surface area contributed by atoms with Crippen molar-refractivity contribution in [2.75, 3.05) is 0 Å². The average molecular weight is 490 g/mol. The molecule has 0 aliphatic heterocycles. The Labute approximate surface area is 220 Å². The third kappa shape index (κ3) is 4.02. The average Bonchev–Trinajstić information content (AvgIpc) is 3.40. The van der Waals surface area contributed by atoms with E-state index in [1.54, 1.807) is 0 Å². The zero-order chi connectivity index (χ0) is 25.5. The summed E-state index contributed by atoms with van der Waals surface area (Å²) in [6.07, 6.45) is 0. The van der Waals surface area contributed by atoms with Crippen LogP contribution < -0.4 is 0 Å². The zero-order valence-corrected chi connectivity index (χ0v) is 20.8. The number of hydrogen-bond acceptors (Lipinski definition) is 4. The van der Waals surface area contributed by atoms with Gasteiger partial charge in [0.25, 0.3) is 0 Å². The van der Waals surface area contributed by atoms with Gasteiger partial charge in [-0.2, -0.15) is 0 Å². The van der Waals surface area contributed by atoms with E-state index in [-0.39, 0.29) is 0 Å². The molecule has 0 saturated carbocycles. The van der Waals surface area contributed by atoms with Crippen LogP contribution in [0.2, 0.25) is 0 Å². The second-order valence-electron chi connectivity index (χ2n) is 9.42. The minimum absolute atomic E-state index is 0.635. The van der Waals surface area contributed by atoms with E-state index in [4.69, 9.17) is 14.4 Å². The molecule has 2 aromatic heterocycles. The molecule has 0 spiro atoms. The van der Waals surface area contributed by atoms with Gasteiger partial charge in [-0.3, -0.25) is 0 Å². The summed E-state index contributed by atoms with van der Waals surface area (Å²) in [6, 6.07) is 41.2. The maximum Gasteiger partial charge on any atom is 0.227 e. The van der Waals surface area contributed by atoms with Crippen LogP contribution in [0.1, 0.15) is 5.56 Å². The van der Waals surface area contributed by atoms with E-state index in [0.717, 1.165) is 66.9 Å². The summed E-state index contributed by atoms with van der Waals surface area (Å²) in [5.74, 6) is 0.635. The smallest absolute Gasteiger partial charge is 0.227 e. The summed E-state index contributed by atoms with van der Waals surface area (Å²) >= 11 is 0. The molecule has 38 heavy (non-hydrogen) atoms. The first-order chi connectivity index (χ1) is 18.7. The van der Waals surface area contributed by atoms with Gasteiger partial charge in [-0.1, -0.05) is 84.9 Å². The molecule has 0 radical (unpaired) electrons. The van der Waals surface area contributed by atoms with E-state index in [1.165, 1.54) is 0 Å². The molecule has 7 aromatic rings. The molecule has 0 aliphatic carbocycles. The summed E-state index contributed by atoms with van der Waals surface area (Å²) < 4.78 is 6.00. The molecule has 0 atom stereocenters. The number of nitrogens with zero attached hydrogens (tertiary/aromatic N) is 3. The van der Waals surface area contributed by atoms with Crippen molar-refractivity contribution in [2.24, 2.45) is 0 Å². The van der Waals surface area contributed by atoms with Gasteiger partial charge in [0, 0.05) is 16.7 Å². The van der Waals surface area contributed by atoms with Crippen LogP contribution in [0, 0.1) is 6.92 Å². The van der Waals surface area contributed by atoms with Gasteiger partial charge in [0.2, 0.25) is 5.89 Å².